The number of piperazine rings is 1. The number of hydrogen-bond donors (Lipinski definition) is 3. The van der Waals surface area contributed by atoms with E-state index in [0.29, 0.717) is 35.7 Å². The fraction of sp³-hybridized carbons (Fsp3) is 0.464. The number of aliphatic hydroxyl groups is 1. The molecule has 5 atom stereocenters. The highest BCUT2D eigenvalue weighted by Crippen LogP contribution is 2.58. The fourth-order valence-corrected chi connectivity index (χ4v) is 7.13. The number of phenolic OH excluding ortho intramolecular Hbond substituents is 2. The Hall–Kier alpha value is -3.65. The lowest BCUT2D eigenvalue weighted by atomic mass is 9.72. The fourth-order valence-electron chi connectivity index (χ4n) is 7.13. The molecule has 4 aliphatic heterocycles. The van der Waals surface area contributed by atoms with Crippen molar-refractivity contribution in [3.05, 3.63) is 46.5 Å². The lowest BCUT2D eigenvalue weighted by Crippen LogP contribution is -2.68. The Bertz CT molecular complexity index is 1370. The van der Waals surface area contributed by atoms with Gasteiger partial charge in [0.2, 0.25) is 12.5 Å². The highest BCUT2D eigenvalue weighted by Gasteiger charge is 2.56. The van der Waals surface area contributed by atoms with Crippen molar-refractivity contribution in [2.75, 3.05) is 34.2 Å². The maximum atomic E-state index is 11.3. The van der Waals surface area contributed by atoms with Gasteiger partial charge in [0.15, 0.2) is 23.0 Å². The van der Waals surface area contributed by atoms with E-state index >= 15 is 0 Å². The number of fused-ring (bicyclic) bond motifs is 9. The number of likely N-dealkylation sites (N-methyl/N-ethyl adjacent to an activating group) is 1. The third kappa shape index (κ3) is 3.16. The van der Waals surface area contributed by atoms with Crippen LogP contribution in [0.2, 0.25) is 0 Å². The van der Waals surface area contributed by atoms with Gasteiger partial charge >= 0.3 is 0 Å². The molecule has 0 amide bonds. The van der Waals surface area contributed by atoms with E-state index in [2.05, 4.69) is 22.4 Å². The van der Waals surface area contributed by atoms with Gasteiger partial charge in [-0.25, -0.2) is 0 Å². The van der Waals surface area contributed by atoms with Gasteiger partial charge in [-0.2, -0.15) is 5.26 Å². The zero-order chi connectivity index (χ0) is 26.9. The molecule has 6 rings (SSSR count). The van der Waals surface area contributed by atoms with Gasteiger partial charge in [0, 0.05) is 34.3 Å². The van der Waals surface area contributed by atoms with Crippen molar-refractivity contribution >= 4 is 0 Å². The number of rotatable bonds is 5. The molecule has 1 fully saturated rings. The van der Waals surface area contributed by atoms with Crippen molar-refractivity contribution in [3.63, 3.8) is 0 Å². The largest absolute Gasteiger partial charge is 0.504 e. The molecule has 2 bridgehead atoms. The van der Waals surface area contributed by atoms with Crippen molar-refractivity contribution in [2.45, 2.75) is 50.0 Å². The summed E-state index contributed by atoms with van der Waals surface area (Å²) in [5, 5.41) is 43.1. The molecule has 3 N–H and O–H groups in total. The number of aromatic hydroxyl groups is 2. The van der Waals surface area contributed by atoms with Crippen LogP contribution in [0.5, 0.6) is 34.5 Å². The second-order valence-electron chi connectivity index (χ2n) is 10.2. The van der Waals surface area contributed by atoms with Gasteiger partial charge in [-0.3, -0.25) is 9.80 Å². The SMILES string of the molecule is C=CCOc1c(C)c2c(c3c1C[C@H]1[C@H]4c5c(cc(O)c(OC)c5O)C[C@@H]([C@H](C#N)N1[C@H]3CO)N4C)OCO2. The Kier molecular flexibility index (Phi) is 5.83. The topological polar surface area (TPSA) is 128 Å². The van der Waals surface area contributed by atoms with Crippen LogP contribution < -0.4 is 18.9 Å². The monoisotopic (exact) mass is 521 g/mol. The summed E-state index contributed by atoms with van der Waals surface area (Å²) in [6.07, 6.45) is 2.59. The Labute approximate surface area is 220 Å². The number of hydrogen-bond acceptors (Lipinski definition) is 10. The maximum absolute atomic E-state index is 11.3. The molecule has 0 saturated carbocycles. The molecule has 0 unspecified atom stereocenters. The number of benzene rings is 2. The summed E-state index contributed by atoms with van der Waals surface area (Å²) in [5.41, 5.74) is 3.91. The summed E-state index contributed by atoms with van der Waals surface area (Å²) in [4.78, 5) is 4.21. The lowest BCUT2D eigenvalue weighted by molar-refractivity contribution is -0.0825. The van der Waals surface area contributed by atoms with E-state index in [-0.39, 0.29) is 55.4 Å². The molecule has 10 heteroatoms. The molecule has 200 valence electrons. The number of methoxy groups -OCH3 is 1. The van der Waals surface area contributed by atoms with Crippen molar-refractivity contribution < 1.29 is 34.3 Å². The van der Waals surface area contributed by atoms with Crippen LogP contribution in [-0.2, 0) is 12.8 Å². The number of nitrogens with zero attached hydrogens (tertiary/aromatic N) is 3. The van der Waals surface area contributed by atoms with E-state index in [9.17, 15) is 20.6 Å². The third-order valence-electron chi connectivity index (χ3n) is 8.58. The summed E-state index contributed by atoms with van der Waals surface area (Å²) >= 11 is 0. The third-order valence-corrected chi connectivity index (χ3v) is 8.58. The van der Waals surface area contributed by atoms with Gasteiger partial charge in [0.1, 0.15) is 18.4 Å². The molecular weight excluding hydrogens is 490 g/mol. The van der Waals surface area contributed by atoms with Crippen LogP contribution in [0.1, 0.15) is 39.9 Å². The zero-order valence-electron chi connectivity index (χ0n) is 21.6. The average Bonchev–Trinajstić information content (AvgIpc) is 3.39. The van der Waals surface area contributed by atoms with Crippen LogP contribution in [0.3, 0.4) is 0 Å². The van der Waals surface area contributed by atoms with E-state index in [1.54, 1.807) is 12.1 Å². The predicted molar refractivity (Wildman–Crippen MR) is 136 cm³/mol. The number of aliphatic hydroxyl groups excluding tert-OH is 1. The van der Waals surface area contributed by atoms with Gasteiger partial charge < -0.3 is 34.3 Å². The molecule has 4 heterocycles. The molecule has 0 spiro atoms. The number of ether oxygens (including phenoxy) is 4. The first-order valence-electron chi connectivity index (χ1n) is 12.7. The van der Waals surface area contributed by atoms with E-state index < -0.39 is 12.1 Å². The molecule has 1 saturated heterocycles. The summed E-state index contributed by atoms with van der Waals surface area (Å²) in [6.45, 7) is 5.81. The molecule has 4 aliphatic rings. The first-order valence-corrected chi connectivity index (χ1v) is 12.7. The number of nitriles is 1. The van der Waals surface area contributed by atoms with Gasteiger partial charge in [-0.15, -0.1) is 0 Å². The predicted octanol–water partition coefficient (Wildman–Crippen LogP) is 2.47. The number of phenols is 2. The lowest BCUT2D eigenvalue weighted by Gasteiger charge is -2.59. The standard InChI is InChI=1S/C28H31N3O7/c1-5-6-36-25-13(2)26-28(38-12-37-26)22-15(25)9-17-23-21-14(8-20(33)27(35-4)24(21)34)7-16(30(23)3)18(10-29)31(17)19(22)11-32/h5,8,16-19,23,32-34H,1,6-7,9,11-12H2,2-4H3/t16-,17-,18-,19-,23-/m0/s1. The van der Waals surface area contributed by atoms with Crippen molar-refractivity contribution in [2.24, 2.45) is 0 Å². The molecule has 10 nitrogen and oxygen atoms in total. The van der Waals surface area contributed by atoms with E-state index in [0.717, 1.165) is 22.3 Å². The van der Waals surface area contributed by atoms with Crippen molar-refractivity contribution in [3.8, 4) is 40.6 Å². The van der Waals surface area contributed by atoms with Gasteiger partial charge in [0.25, 0.3) is 0 Å². The molecule has 2 aromatic carbocycles. The smallest absolute Gasteiger partial charge is 0.231 e. The zero-order valence-corrected chi connectivity index (χ0v) is 21.6. The summed E-state index contributed by atoms with van der Waals surface area (Å²) < 4.78 is 23.3. The Morgan fingerprint density at radius 3 is 2.63 bits per heavy atom. The average molecular weight is 522 g/mol. The molecular formula is C28H31N3O7. The second-order valence-corrected chi connectivity index (χ2v) is 10.2. The first-order chi connectivity index (χ1) is 18.4. The quantitative estimate of drug-likeness (QED) is 0.505. The van der Waals surface area contributed by atoms with Gasteiger partial charge in [-0.05, 0) is 38.4 Å². The molecule has 0 aliphatic carbocycles. The maximum Gasteiger partial charge on any atom is 0.231 e. The van der Waals surface area contributed by atoms with Crippen LogP contribution >= 0.6 is 0 Å². The molecule has 2 aromatic rings. The van der Waals surface area contributed by atoms with Crippen molar-refractivity contribution in [1.82, 2.24) is 9.80 Å². The minimum atomic E-state index is -0.567. The first kappa shape index (κ1) is 24.7. The van der Waals surface area contributed by atoms with Gasteiger partial charge in [0.05, 0.1) is 31.9 Å². The summed E-state index contributed by atoms with van der Waals surface area (Å²) in [7, 11) is 3.37. The van der Waals surface area contributed by atoms with E-state index in [1.165, 1.54) is 7.11 Å². The van der Waals surface area contributed by atoms with Crippen LogP contribution in [0.4, 0.5) is 0 Å². The van der Waals surface area contributed by atoms with Crippen LogP contribution in [0.15, 0.2) is 18.7 Å². The highest BCUT2D eigenvalue weighted by atomic mass is 16.7. The molecule has 38 heavy (non-hydrogen) atoms. The highest BCUT2D eigenvalue weighted by molar-refractivity contribution is 5.67. The normalized spacial score (nSPS) is 27.1. The van der Waals surface area contributed by atoms with Crippen LogP contribution in [0, 0.1) is 18.3 Å². The van der Waals surface area contributed by atoms with E-state index in [4.69, 9.17) is 18.9 Å². The minimum absolute atomic E-state index is 0.0219. The van der Waals surface area contributed by atoms with Crippen molar-refractivity contribution in [1.29, 1.82) is 5.26 Å². The molecule has 0 radical (unpaired) electrons. The summed E-state index contributed by atoms with van der Waals surface area (Å²) in [5.74, 6) is 1.60. The minimum Gasteiger partial charge on any atom is -0.504 e. The van der Waals surface area contributed by atoms with Crippen LogP contribution in [0.25, 0.3) is 0 Å². The van der Waals surface area contributed by atoms with Crippen LogP contribution in [-0.4, -0.2) is 77.4 Å². The van der Waals surface area contributed by atoms with E-state index in [1.807, 2.05) is 14.0 Å². The Balaban J connectivity index is 1.60. The summed E-state index contributed by atoms with van der Waals surface area (Å²) in [6, 6.07) is 2.12. The molecule has 0 aromatic heterocycles. The Morgan fingerprint density at radius 2 is 1.95 bits per heavy atom. The second kappa shape index (κ2) is 8.98. The van der Waals surface area contributed by atoms with Gasteiger partial charge in [-0.1, -0.05) is 12.7 Å². The Morgan fingerprint density at radius 1 is 1.18 bits per heavy atom.